The molecular weight excluding hydrogens is 398 g/mol. The van der Waals surface area contributed by atoms with E-state index < -0.39 is 42.0 Å². The molecule has 2 aromatic rings. The summed E-state index contributed by atoms with van der Waals surface area (Å²) in [6.45, 7) is 4.65. The molecule has 0 spiro atoms. The first kappa shape index (κ1) is 22.0. The van der Waals surface area contributed by atoms with Gasteiger partial charge in [-0.2, -0.15) is 0 Å². The van der Waals surface area contributed by atoms with Gasteiger partial charge in [0.1, 0.15) is 12.1 Å². The van der Waals surface area contributed by atoms with Crippen LogP contribution in [0, 0.1) is 6.92 Å². The van der Waals surface area contributed by atoms with E-state index in [0.717, 1.165) is 16.0 Å². The van der Waals surface area contributed by atoms with Crippen LogP contribution in [-0.4, -0.2) is 41.4 Å². The number of aryl methyl sites for hydroxylation is 1. The van der Waals surface area contributed by atoms with Gasteiger partial charge >= 0.3 is 12.0 Å². The highest BCUT2D eigenvalue weighted by molar-refractivity contribution is 6.08. The maximum Gasteiger partial charge on any atom is 0.327 e. The van der Waals surface area contributed by atoms with Gasteiger partial charge in [0.05, 0.1) is 0 Å². The van der Waals surface area contributed by atoms with Crippen LogP contribution >= 0.6 is 0 Å². The van der Waals surface area contributed by atoms with E-state index >= 15 is 0 Å². The predicted octanol–water partition coefficient (Wildman–Crippen LogP) is 2.01. The van der Waals surface area contributed by atoms with Crippen LogP contribution < -0.4 is 10.6 Å². The van der Waals surface area contributed by atoms with Crippen LogP contribution in [0.5, 0.6) is 0 Å². The van der Waals surface area contributed by atoms with Gasteiger partial charge in [-0.3, -0.25) is 19.3 Å². The molecule has 1 aliphatic rings. The zero-order chi connectivity index (χ0) is 22.6. The smallest absolute Gasteiger partial charge is 0.327 e. The van der Waals surface area contributed by atoms with Crippen molar-refractivity contribution < 1.29 is 23.9 Å². The van der Waals surface area contributed by atoms with Crippen molar-refractivity contribution in [2.24, 2.45) is 0 Å². The van der Waals surface area contributed by atoms with E-state index in [0.29, 0.717) is 12.1 Å². The summed E-state index contributed by atoms with van der Waals surface area (Å²) in [5.74, 6) is -1.88. The Morgan fingerprint density at radius 2 is 1.74 bits per heavy atom. The number of hydrogen-bond donors (Lipinski definition) is 2. The van der Waals surface area contributed by atoms with Gasteiger partial charge in [-0.1, -0.05) is 60.2 Å². The van der Waals surface area contributed by atoms with Crippen LogP contribution in [0.4, 0.5) is 4.79 Å². The third-order valence-electron chi connectivity index (χ3n) is 5.18. The Bertz CT molecular complexity index is 990. The van der Waals surface area contributed by atoms with Crippen molar-refractivity contribution >= 4 is 23.8 Å². The monoisotopic (exact) mass is 423 g/mol. The maximum absolute atomic E-state index is 12.9. The molecule has 0 saturated carbocycles. The van der Waals surface area contributed by atoms with Crippen LogP contribution in [-0.2, 0) is 31.2 Å². The molecule has 1 aliphatic heterocycles. The first-order chi connectivity index (χ1) is 14.7. The highest BCUT2D eigenvalue weighted by Gasteiger charge is 2.49. The molecular formula is C23H25N3O5. The van der Waals surface area contributed by atoms with Crippen molar-refractivity contribution in [3.05, 3.63) is 71.3 Å². The molecule has 8 heteroatoms. The molecule has 2 N–H and O–H groups in total. The summed E-state index contributed by atoms with van der Waals surface area (Å²) in [5, 5.41) is 5.31. The molecule has 162 valence electrons. The molecule has 4 amide bonds. The second-order valence-electron chi connectivity index (χ2n) is 7.65. The molecule has 1 heterocycles. The largest absolute Gasteiger partial charge is 0.451 e. The number of rotatable bonds is 7. The lowest BCUT2D eigenvalue weighted by atomic mass is 9.91. The highest BCUT2D eigenvalue weighted by atomic mass is 16.5. The highest BCUT2D eigenvalue weighted by Crippen LogP contribution is 2.28. The van der Waals surface area contributed by atoms with Crippen molar-refractivity contribution in [1.29, 1.82) is 0 Å². The number of benzene rings is 2. The van der Waals surface area contributed by atoms with E-state index in [1.807, 2.05) is 49.4 Å². The van der Waals surface area contributed by atoms with Gasteiger partial charge in [-0.25, -0.2) is 4.79 Å². The Labute approximate surface area is 180 Å². The van der Waals surface area contributed by atoms with Gasteiger partial charge in [0.2, 0.25) is 0 Å². The van der Waals surface area contributed by atoms with Gasteiger partial charge in [0, 0.05) is 6.54 Å². The molecule has 1 saturated heterocycles. The Balaban J connectivity index is 1.57. The molecule has 0 bridgehead atoms. The van der Waals surface area contributed by atoms with Gasteiger partial charge in [0.15, 0.2) is 6.10 Å². The molecule has 0 aromatic heterocycles. The SMILES string of the molecule is Cc1ccc([C@@]2(C)NC(=O)N(CC(=O)O[C@H](C)C(=O)NCc3ccccc3)C2=O)cc1. The van der Waals surface area contributed by atoms with Crippen LogP contribution in [0.25, 0.3) is 0 Å². The Kier molecular flexibility index (Phi) is 6.39. The fourth-order valence-electron chi connectivity index (χ4n) is 3.27. The summed E-state index contributed by atoms with van der Waals surface area (Å²) < 4.78 is 5.12. The lowest BCUT2D eigenvalue weighted by molar-refractivity contribution is -0.156. The van der Waals surface area contributed by atoms with E-state index in [9.17, 15) is 19.2 Å². The minimum atomic E-state index is -1.27. The minimum absolute atomic E-state index is 0.295. The first-order valence-electron chi connectivity index (χ1n) is 9.93. The van der Waals surface area contributed by atoms with E-state index in [-0.39, 0.29) is 0 Å². The molecule has 3 rings (SSSR count). The zero-order valence-corrected chi connectivity index (χ0v) is 17.7. The summed E-state index contributed by atoms with van der Waals surface area (Å²) in [4.78, 5) is 50.5. The number of nitrogens with one attached hydrogen (secondary N) is 2. The van der Waals surface area contributed by atoms with Crippen molar-refractivity contribution in [3.63, 3.8) is 0 Å². The van der Waals surface area contributed by atoms with Crippen molar-refractivity contribution in [1.82, 2.24) is 15.5 Å². The molecule has 0 unspecified atom stereocenters. The molecule has 1 fully saturated rings. The third-order valence-corrected chi connectivity index (χ3v) is 5.18. The van der Waals surface area contributed by atoms with E-state index in [1.54, 1.807) is 19.1 Å². The average Bonchev–Trinajstić information content (AvgIpc) is 2.97. The zero-order valence-electron chi connectivity index (χ0n) is 17.7. The van der Waals surface area contributed by atoms with Crippen molar-refractivity contribution in [2.45, 2.75) is 39.0 Å². The van der Waals surface area contributed by atoms with Gasteiger partial charge in [-0.15, -0.1) is 0 Å². The number of amides is 4. The van der Waals surface area contributed by atoms with Crippen LogP contribution in [0.15, 0.2) is 54.6 Å². The minimum Gasteiger partial charge on any atom is -0.451 e. The fraction of sp³-hybridized carbons (Fsp3) is 0.304. The molecule has 0 radical (unpaired) electrons. The molecule has 2 atom stereocenters. The third kappa shape index (κ3) is 4.91. The normalized spacial score (nSPS) is 19.0. The van der Waals surface area contributed by atoms with Crippen LogP contribution in [0.3, 0.4) is 0 Å². The Morgan fingerprint density at radius 3 is 2.39 bits per heavy atom. The number of ether oxygens (including phenoxy) is 1. The van der Waals surface area contributed by atoms with Crippen LogP contribution in [0.1, 0.15) is 30.5 Å². The van der Waals surface area contributed by atoms with Crippen LogP contribution in [0.2, 0.25) is 0 Å². The van der Waals surface area contributed by atoms with Crippen molar-refractivity contribution in [3.8, 4) is 0 Å². The van der Waals surface area contributed by atoms with E-state index in [2.05, 4.69) is 10.6 Å². The molecule has 2 aromatic carbocycles. The Morgan fingerprint density at radius 1 is 1.10 bits per heavy atom. The van der Waals surface area contributed by atoms with E-state index in [1.165, 1.54) is 6.92 Å². The lowest BCUT2D eigenvalue weighted by Crippen LogP contribution is -2.42. The first-order valence-corrected chi connectivity index (χ1v) is 9.93. The summed E-state index contributed by atoms with van der Waals surface area (Å²) in [5.41, 5.74) is 1.26. The summed E-state index contributed by atoms with van der Waals surface area (Å²) >= 11 is 0. The summed E-state index contributed by atoms with van der Waals surface area (Å²) in [7, 11) is 0. The number of hydrogen-bond acceptors (Lipinski definition) is 5. The molecule has 0 aliphatic carbocycles. The maximum atomic E-state index is 12.9. The second-order valence-corrected chi connectivity index (χ2v) is 7.65. The summed E-state index contributed by atoms with van der Waals surface area (Å²) in [6.07, 6.45) is -1.07. The Hall–Kier alpha value is -3.68. The molecule has 31 heavy (non-hydrogen) atoms. The number of imide groups is 1. The fourth-order valence-corrected chi connectivity index (χ4v) is 3.27. The predicted molar refractivity (Wildman–Crippen MR) is 113 cm³/mol. The number of carbonyl (C=O) groups excluding carboxylic acids is 4. The van der Waals surface area contributed by atoms with Crippen molar-refractivity contribution in [2.75, 3.05) is 6.54 Å². The quantitative estimate of drug-likeness (QED) is 0.524. The summed E-state index contributed by atoms with van der Waals surface area (Å²) in [6, 6.07) is 15.8. The van der Waals surface area contributed by atoms with E-state index in [4.69, 9.17) is 4.74 Å². The standard InChI is InChI=1S/C23H25N3O5/c1-15-9-11-18(12-10-15)23(3)21(29)26(22(30)25-23)14-19(27)31-16(2)20(28)24-13-17-7-5-4-6-8-17/h4-12,16H,13-14H2,1-3H3,(H,24,28)(H,25,30)/t16-,23-/m1/s1. The second kappa shape index (κ2) is 8.99. The number of esters is 1. The lowest BCUT2D eigenvalue weighted by Gasteiger charge is -2.22. The topological polar surface area (TPSA) is 105 Å². The number of urea groups is 1. The average molecular weight is 423 g/mol. The number of nitrogens with zero attached hydrogens (tertiary/aromatic N) is 1. The van der Waals surface area contributed by atoms with Gasteiger partial charge in [0.25, 0.3) is 11.8 Å². The van der Waals surface area contributed by atoms with Gasteiger partial charge < -0.3 is 15.4 Å². The molecule has 8 nitrogen and oxygen atoms in total. The number of carbonyl (C=O) groups is 4. The van der Waals surface area contributed by atoms with Gasteiger partial charge in [-0.05, 0) is 31.9 Å².